The lowest BCUT2D eigenvalue weighted by Crippen LogP contribution is -2.35. The van der Waals surface area contributed by atoms with Crippen molar-refractivity contribution in [2.24, 2.45) is 11.8 Å². The number of rotatable bonds is 6. The second-order valence-electron chi connectivity index (χ2n) is 4.32. The van der Waals surface area contributed by atoms with E-state index in [4.69, 9.17) is 0 Å². The number of carbonyl (C=O) groups excluding carboxylic acids is 1. The highest BCUT2D eigenvalue weighted by molar-refractivity contribution is 9.09. The molecule has 0 bridgehead atoms. The van der Waals surface area contributed by atoms with E-state index in [2.05, 4.69) is 28.2 Å². The van der Waals surface area contributed by atoms with Crippen LogP contribution in [-0.2, 0) is 4.79 Å². The second kappa shape index (κ2) is 6.44. The van der Waals surface area contributed by atoms with Crippen molar-refractivity contribution < 1.29 is 4.79 Å². The molecule has 3 heteroatoms. The molecule has 1 rings (SSSR count). The van der Waals surface area contributed by atoms with Gasteiger partial charge in [-0.2, -0.15) is 0 Å². The Bertz CT molecular complexity index is 180. The van der Waals surface area contributed by atoms with E-state index in [0.29, 0.717) is 5.92 Å². The van der Waals surface area contributed by atoms with Gasteiger partial charge in [-0.15, -0.1) is 0 Å². The molecule has 14 heavy (non-hydrogen) atoms. The number of hydrogen-bond acceptors (Lipinski definition) is 1. The summed E-state index contributed by atoms with van der Waals surface area (Å²) in [5.74, 6) is 1.34. The summed E-state index contributed by atoms with van der Waals surface area (Å²) in [6.07, 6.45) is 5.73. The van der Waals surface area contributed by atoms with E-state index in [9.17, 15) is 4.79 Å². The third-order valence-electron chi connectivity index (χ3n) is 2.91. The highest BCUT2D eigenvalue weighted by atomic mass is 79.9. The van der Waals surface area contributed by atoms with Gasteiger partial charge in [0.15, 0.2) is 0 Å². The third kappa shape index (κ3) is 3.99. The van der Waals surface area contributed by atoms with Crippen molar-refractivity contribution in [3.8, 4) is 0 Å². The van der Waals surface area contributed by atoms with Crippen molar-refractivity contribution in [2.45, 2.75) is 39.0 Å². The first-order valence-electron chi connectivity index (χ1n) is 5.57. The molecule has 1 unspecified atom stereocenters. The van der Waals surface area contributed by atoms with Crippen LogP contribution < -0.4 is 5.32 Å². The Hall–Kier alpha value is -0.0500. The molecule has 0 aromatic heterocycles. The molecule has 1 saturated carbocycles. The molecule has 0 spiro atoms. The average molecular weight is 262 g/mol. The van der Waals surface area contributed by atoms with Crippen LogP contribution in [0.5, 0.6) is 0 Å². The largest absolute Gasteiger partial charge is 0.356 e. The molecule has 1 atom stereocenters. The maximum Gasteiger partial charge on any atom is 0.223 e. The van der Waals surface area contributed by atoms with E-state index in [-0.39, 0.29) is 5.91 Å². The van der Waals surface area contributed by atoms with Gasteiger partial charge in [0.2, 0.25) is 5.91 Å². The first-order valence-corrected chi connectivity index (χ1v) is 6.70. The molecule has 82 valence electrons. The minimum Gasteiger partial charge on any atom is -0.356 e. The molecule has 1 aliphatic carbocycles. The Morgan fingerprint density at radius 3 is 2.79 bits per heavy atom. The Morgan fingerprint density at radius 1 is 1.57 bits per heavy atom. The second-order valence-corrected chi connectivity index (χ2v) is 4.97. The predicted molar refractivity (Wildman–Crippen MR) is 62.5 cm³/mol. The molecule has 0 heterocycles. The van der Waals surface area contributed by atoms with Crippen LogP contribution in [-0.4, -0.2) is 17.8 Å². The summed E-state index contributed by atoms with van der Waals surface area (Å²) in [6, 6.07) is 0. The first-order chi connectivity index (χ1) is 6.74. The molecule has 1 fully saturated rings. The quantitative estimate of drug-likeness (QED) is 0.578. The summed E-state index contributed by atoms with van der Waals surface area (Å²) >= 11 is 3.45. The van der Waals surface area contributed by atoms with Crippen molar-refractivity contribution in [3.63, 3.8) is 0 Å². The Kier molecular flexibility index (Phi) is 5.53. The lowest BCUT2D eigenvalue weighted by molar-refractivity contribution is -0.127. The molecule has 1 amide bonds. The van der Waals surface area contributed by atoms with Gasteiger partial charge < -0.3 is 5.32 Å². The molecule has 0 aromatic rings. The monoisotopic (exact) mass is 261 g/mol. The van der Waals surface area contributed by atoms with Crippen molar-refractivity contribution in [3.05, 3.63) is 0 Å². The lowest BCUT2D eigenvalue weighted by Gasteiger charge is -2.24. The van der Waals surface area contributed by atoms with Crippen molar-refractivity contribution in [1.29, 1.82) is 0 Å². The van der Waals surface area contributed by atoms with Gasteiger partial charge in [-0.3, -0.25) is 4.79 Å². The van der Waals surface area contributed by atoms with Gasteiger partial charge in [0.25, 0.3) is 0 Å². The maximum absolute atomic E-state index is 11.4. The highest BCUT2D eigenvalue weighted by Gasteiger charge is 2.24. The van der Waals surface area contributed by atoms with Crippen LogP contribution in [0.2, 0.25) is 0 Å². The van der Waals surface area contributed by atoms with E-state index in [0.717, 1.165) is 37.1 Å². The Balaban J connectivity index is 1.95. The predicted octanol–water partition coefficient (Wildman–Crippen LogP) is 2.71. The molecular weight excluding hydrogens is 242 g/mol. The van der Waals surface area contributed by atoms with E-state index in [1.165, 1.54) is 12.8 Å². The van der Waals surface area contributed by atoms with Gasteiger partial charge in [-0.25, -0.2) is 0 Å². The van der Waals surface area contributed by atoms with Gasteiger partial charge in [-0.05, 0) is 31.6 Å². The summed E-state index contributed by atoms with van der Waals surface area (Å²) in [5.41, 5.74) is 0. The highest BCUT2D eigenvalue weighted by Crippen LogP contribution is 2.26. The Labute approximate surface area is 95.0 Å². The number of halogens is 1. The molecule has 1 N–H and O–H groups in total. The SMILES string of the molecule is CC(CBr)CCCNC(=O)C1CCC1. The smallest absolute Gasteiger partial charge is 0.223 e. The van der Waals surface area contributed by atoms with Crippen LogP contribution in [0.1, 0.15) is 39.0 Å². The molecule has 0 radical (unpaired) electrons. The standard InChI is InChI=1S/C11H20BrNO/c1-9(8-12)4-3-7-13-11(14)10-5-2-6-10/h9-10H,2-8H2,1H3,(H,13,14). The number of alkyl halides is 1. The molecule has 0 aromatic carbocycles. The average Bonchev–Trinajstić information content (AvgIpc) is 2.09. The molecular formula is C11H20BrNO. The van der Waals surface area contributed by atoms with Crippen LogP contribution >= 0.6 is 15.9 Å². The molecule has 0 saturated heterocycles. The summed E-state index contributed by atoms with van der Waals surface area (Å²) < 4.78 is 0. The summed E-state index contributed by atoms with van der Waals surface area (Å²) in [6.45, 7) is 3.08. The minimum absolute atomic E-state index is 0.280. The number of nitrogens with one attached hydrogen (secondary N) is 1. The zero-order chi connectivity index (χ0) is 10.4. The number of carbonyl (C=O) groups is 1. The lowest BCUT2D eigenvalue weighted by atomic mass is 9.85. The normalized spacial score (nSPS) is 18.7. The van der Waals surface area contributed by atoms with Gasteiger partial charge in [-0.1, -0.05) is 29.3 Å². The molecule has 2 nitrogen and oxygen atoms in total. The van der Waals surface area contributed by atoms with Gasteiger partial charge in [0.05, 0.1) is 0 Å². The van der Waals surface area contributed by atoms with Crippen molar-refractivity contribution in [2.75, 3.05) is 11.9 Å². The Morgan fingerprint density at radius 2 is 2.29 bits per heavy atom. The van der Waals surface area contributed by atoms with E-state index < -0.39 is 0 Å². The van der Waals surface area contributed by atoms with Crippen LogP contribution in [0, 0.1) is 11.8 Å². The van der Waals surface area contributed by atoms with Crippen molar-refractivity contribution in [1.82, 2.24) is 5.32 Å². The van der Waals surface area contributed by atoms with E-state index in [1.807, 2.05) is 0 Å². The number of amides is 1. The summed E-state index contributed by atoms with van der Waals surface area (Å²) in [7, 11) is 0. The van der Waals surface area contributed by atoms with E-state index in [1.54, 1.807) is 0 Å². The number of hydrogen-bond donors (Lipinski definition) is 1. The molecule has 0 aliphatic heterocycles. The third-order valence-corrected chi connectivity index (χ3v) is 4.02. The van der Waals surface area contributed by atoms with Gasteiger partial charge >= 0.3 is 0 Å². The van der Waals surface area contributed by atoms with Crippen molar-refractivity contribution >= 4 is 21.8 Å². The van der Waals surface area contributed by atoms with Gasteiger partial charge in [0, 0.05) is 17.8 Å². The summed E-state index contributed by atoms with van der Waals surface area (Å²) in [4.78, 5) is 11.4. The zero-order valence-corrected chi connectivity index (χ0v) is 10.5. The van der Waals surface area contributed by atoms with Crippen LogP contribution in [0.4, 0.5) is 0 Å². The van der Waals surface area contributed by atoms with Crippen LogP contribution in [0.25, 0.3) is 0 Å². The zero-order valence-electron chi connectivity index (χ0n) is 8.89. The first kappa shape index (κ1) is 12.0. The topological polar surface area (TPSA) is 29.1 Å². The van der Waals surface area contributed by atoms with Crippen LogP contribution in [0.3, 0.4) is 0 Å². The molecule has 1 aliphatic rings. The maximum atomic E-state index is 11.4. The van der Waals surface area contributed by atoms with E-state index >= 15 is 0 Å². The van der Waals surface area contributed by atoms with Gasteiger partial charge in [0.1, 0.15) is 0 Å². The van der Waals surface area contributed by atoms with Crippen LogP contribution in [0.15, 0.2) is 0 Å². The fraction of sp³-hybridized carbons (Fsp3) is 0.909. The summed E-state index contributed by atoms with van der Waals surface area (Å²) in [5, 5.41) is 4.07. The fourth-order valence-electron chi connectivity index (χ4n) is 1.55. The fourth-order valence-corrected chi connectivity index (χ4v) is 1.88. The minimum atomic E-state index is 0.280.